The Morgan fingerprint density at radius 3 is 2.00 bits per heavy atom. The van der Waals surface area contributed by atoms with Crippen LogP contribution < -0.4 is 4.74 Å². The molecule has 0 heterocycles. The average Bonchev–Trinajstić information content (AvgIpc) is 2.56. The van der Waals surface area contributed by atoms with Gasteiger partial charge in [0.1, 0.15) is 4.90 Å². The molecule has 0 unspecified atom stereocenters. The lowest BCUT2D eigenvalue weighted by Crippen LogP contribution is -2.08. The highest BCUT2D eigenvalue weighted by Crippen LogP contribution is 2.26. The van der Waals surface area contributed by atoms with E-state index in [9.17, 15) is 17.8 Å². The van der Waals surface area contributed by atoms with Gasteiger partial charge in [-0.1, -0.05) is 70.8 Å². The molecule has 0 aromatic heterocycles. The molecule has 1 aromatic carbocycles. The maximum Gasteiger partial charge on any atom is 0.308 e. The van der Waals surface area contributed by atoms with Crippen molar-refractivity contribution >= 4 is 16.1 Å². The molecule has 1 N–H and O–H groups in total. The van der Waals surface area contributed by atoms with Crippen LogP contribution in [0.4, 0.5) is 0 Å². The number of carbonyl (C=O) groups excluding carboxylic acids is 1. The molecule has 148 valence electrons. The first-order valence-electron chi connectivity index (χ1n) is 9.63. The minimum atomic E-state index is -4.43. The minimum Gasteiger partial charge on any atom is -0.425 e. The Hall–Kier alpha value is -1.40. The highest BCUT2D eigenvalue weighted by molar-refractivity contribution is 7.86. The van der Waals surface area contributed by atoms with Gasteiger partial charge < -0.3 is 4.74 Å². The first-order valence-corrected chi connectivity index (χ1v) is 11.1. The fourth-order valence-electron chi connectivity index (χ4n) is 2.97. The van der Waals surface area contributed by atoms with Gasteiger partial charge in [0, 0.05) is 6.92 Å². The minimum absolute atomic E-state index is 0.133. The molecule has 0 bridgehead atoms. The molecule has 26 heavy (non-hydrogen) atoms. The van der Waals surface area contributed by atoms with E-state index in [-0.39, 0.29) is 10.6 Å². The van der Waals surface area contributed by atoms with Crippen molar-refractivity contribution in [3.63, 3.8) is 0 Å². The molecule has 0 aliphatic heterocycles. The average molecular weight is 385 g/mol. The van der Waals surface area contributed by atoms with Crippen molar-refractivity contribution in [2.24, 2.45) is 0 Å². The molecule has 6 heteroatoms. The van der Waals surface area contributed by atoms with Gasteiger partial charge in [-0.25, -0.2) is 0 Å². The van der Waals surface area contributed by atoms with Crippen LogP contribution in [-0.4, -0.2) is 18.9 Å². The number of benzene rings is 1. The number of ether oxygens (including phenoxy) is 1. The van der Waals surface area contributed by atoms with E-state index in [1.54, 1.807) is 6.07 Å². The van der Waals surface area contributed by atoms with Gasteiger partial charge in [0.05, 0.1) is 0 Å². The van der Waals surface area contributed by atoms with E-state index in [2.05, 4.69) is 6.92 Å². The first kappa shape index (κ1) is 22.6. The molecular formula is C20H32O5S. The largest absolute Gasteiger partial charge is 0.425 e. The Balaban J connectivity index is 2.38. The second-order valence-corrected chi connectivity index (χ2v) is 8.17. The molecular weight excluding hydrogens is 352 g/mol. The number of esters is 1. The smallest absolute Gasteiger partial charge is 0.308 e. The molecule has 0 saturated heterocycles. The number of rotatable bonds is 13. The SMILES string of the molecule is CCCCCCCCCCCCc1ccc(OC(C)=O)c(S(=O)(=O)O)c1. The Morgan fingerprint density at radius 2 is 1.50 bits per heavy atom. The molecule has 1 aromatic rings. The third-order valence-electron chi connectivity index (χ3n) is 4.36. The quantitative estimate of drug-likeness (QED) is 0.215. The summed E-state index contributed by atoms with van der Waals surface area (Å²) in [6.45, 7) is 3.41. The summed E-state index contributed by atoms with van der Waals surface area (Å²) < 4.78 is 37.2. The fraction of sp³-hybridized carbons (Fsp3) is 0.650. The highest BCUT2D eigenvalue weighted by Gasteiger charge is 2.18. The van der Waals surface area contributed by atoms with Crippen LogP contribution in [0.25, 0.3) is 0 Å². The number of aryl methyl sites for hydroxylation is 1. The van der Waals surface area contributed by atoms with Crippen LogP contribution in [0.3, 0.4) is 0 Å². The van der Waals surface area contributed by atoms with Gasteiger partial charge in [0.25, 0.3) is 10.1 Å². The van der Waals surface area contributed by atoms with Gasteiger partial charge in [-0.3, -0.25) is 9.35 Å². The molecule has 0 saturated carbocycles. The molecule has 0 atom stereocenters. The van der Waals surface area contributed by atoms with Crippen molar-refractivity contribution in [3.05, 3.63) is 23.8 Å². The van der Waals surface area contributed by atoms with Crippen LogP contribution >= 0.6 is 0 Å². The van der Waals surface area contributed by atoms with Crippen LogP contribution in [0.15, 0.2) is 23.1 Å². The summed E-state index contributed by atoms with van der Waals surface area (Å²) in [5.74, 6) is -0.760. The van der Waals surface area contributed by atoms with Crippen LogP contribution in [0.5, 0.6) is 5.75 Å². The lowest BCUT2D eigenvalue weighted by Gasteiger charge is -2.09. The van der Waals surface area contributed by atoms with Crippen LogP contribution in [0.1, 0.15) is 83.6 Å². The fourth-order valence-corrected chi connectivity index (χ4v) is 3.63. The van der Waals surface area contributed by atoms with Gasteiger partial charge in [0.15, 0.2) is 5.75 Å². The van der Waals surface area contributed by atoms with Crippen molar-refractivity contribution < 1.29 is 22.5 Å². The Morgan fingerprint density at radius 1 is 0.962 bits per heavy atom. The topological polar surface area (TPSA) is 80.7 Å². The first-order chi connectivity index (χ1) is 12.3. The Labute approximate surface area is 157 Å². The molecule has 5 nitrogen and oxygen atoms in total. The Kier molecular flexibility index (Phi) is 10.5. The van der Waals surface area contributed by atoms with Crippen LogP contribution in [-0.2, 0) is 21.3 Å². The monoisotopic (exact) mass is 384 g/mol. The Bertz CT molecular complexity index is 652. The van der Waals surface area contributed by atoms with Crippen LogP contribution in [0, 0.1) is 0 Å². The number of hydrogen-bond donors (Lipinski definition) is 1. The van der Waals surface area contributed by atoms with Crippen molar-refractivity contribution in [2.45, 2.75) is 89.4 Å². The predicted octanol–water partition coefficient (Wildman–Crippen LogP) is 5.32. The standard InChI is InChI=1S/C20H32O5S/c1-3-4-5-6-7-8-9-10-11-12-13-18-14-15-19(25-17(2)21)20(16-18)26(22,23)24/h14-16H,3-13H2,1-2H3,(H,22,23,24). The van der Waals surface area contributed by atoms with Gasteiger partial charge in [-0.15, -0.1) is 0 Å². The summed E-state index contributed by atoms with van der Waals surface area (Å²) in [4.78, 5) is 10.7. The summed E-state index contributed by atoms with van der Waals surface area (Å²) in [5, 5.41) is 0. The van der Waals surface area contributed by atoms with Crippen molar-refractivity contribution in [2.75, 3.05) is 0 Å². The van der Waals surface area contributed by atoms with Gasteiger partial charge in [-0.2, -0.15) is 8.42 Å². The highest BCUT2D eigenvalue weighted by atomic mass is 32.2. The van der Waals surface area contributed by atoms with E-state index in [0.29, 0.717) is 0 Å². The van der Waals surface area contributed by atoms with Crippen molar-refractivity contribution in [1.29, 1.82) is 0 Å². The molecule has 0 radical (unpaired) electrons. The molecule has 0 fully saturated rings. The lowest BCUT2D eigenvalue weighted by molar-refractivity contribution is -0.132. The zero-order chi connectivity index (χ0) is 19.4. The van der Waals surface area contributed by atoms with Crippen molar-refractivity contribution in [1.82, 2.24) is 0 Å². The van der Waals surface area contributed by atoms with E-state index in [4.69, 9.17) is 4.74 Å². The molecule has 0 aliphatic carbocycles. The molecule has 0 spiro atoms. The third kappa shape index (κ3) is 9.34. The van der Waals surface area contributed by atoms with Gasteiger partial charge in [0.2, 0.25) is 0 Å². The van der Waals surface area contributed by atoms with E-state index >= 15 is 0 Å². The van der Waals surface area contributed by atoms with E-state index in [1.807, 2.05) is 0 Å². The van der Waals surface area contributed by atoms with E-state index in [0.717, 1.165) is 24.8 Å². The normalized spacial score (nSPS) is 11.5. The van der Waals surface area contributed by atoms with Crippen LogP contribution in [0.2, 0.25) is 0 Å². The maximum absolute atomic E-state index is 11.5. The summed E-state index contributed by atoms with van der Waals surface area (Å²) in [5.41, 5.74) is 0.813. The van der Waals surface area contributed by atoms with E-state index in [1.165, 1.54) is 70.4 Å². The second kappa shape index (κ2) is 12.1. The summed E-state index contributed by atoms with van der Waals surface area (Å²) >= 11 is 0. The second-order valence-electron chi connectivity index (χ2n) is 6.78. The maximum atomic E-state index is 11.5. The third-order valence-corrected chi connectivity index (χ3v) is 5.23. The summed E-state index contributed by atoms with van der Waals surface area (Å²) in [7, 11) is -4.43. The zero-order valence-corrected chi connectivity index (χ0v) is 16.8. The number of unbranched alkanes of at least 4 members (excludes halogenated alkanes) is 9. The summed E-state index contributed by atoms with van der Waals surface area (Å²) in [6.07, 6.45) is 13.1. The van der Waals surface area contributed by atoms with E-state index < -0.39 is 16.1 Å². The summed E-state index contributed by atoms with van der Waals surface area (Å²) in [6, 6.07) is 4.55. The van der Waals surface area contributed by atoms with Gasteiger partial charge >= 0.3 is 5.97 Å². The zero-order valence-electron chi connectivity index (χ0n) is 16.0. The molecule has 0 amide bonds. The molecule has 0 aliphatic rings. The molecule has 1 rings (SSSR count). The van der Waals surface area contributed by atoms with Gasteiger partial charge in [-0.05, 0) is 30.5 Å². The lowest BCUT2D eigenvalue weighted by atomic mass is 10.0. The predicted molar refractivity (Wildman–Crippen MR) is 103 cm³/mol. The number of carbonyl (C=O) groups is 1. The van der Waals surface area contributed by atoms with Crippen molar-refractivity contribution in [3.8, 4) is 5.75 Å². The number of hydrogen-bond acceptors (Lipinski definition) is 4.